The van der Waals surface area contributed by atoms with Crippen molar-refractivity contribution in [2.24, 2.45) is 0 Å². The van der Waals surface area contributed by atoms with Crippen LogP contribution < -0.4 is 4.90 Å². The highest BCUT2D eigenvalue weighted by Gasteiger charge is 2.38. The molecule has 2 nitrogen and oxygen atoms in total. The number of hydrogen-bond donors (Lipinski definition) is 0. The van der Waals surface area contributed by atoms with Crippen LogP contribution in [0.15, 0.2) is 168 Å². The molecule has 0 radical (unpaired) electrons. The Morgan fingerprint density at radius 1 is 0.469 bits per heavy atom. The Balaban J connectivity index is 1.19. The summed E-state index contributed by atoms with van der Waals surface area (Å²) < 4.78 is 6.33. The molecule has 1 aliphatic rings. The summed E-state index contributed by atoms with van der Waals surface area (Å²) in [4.78, 5) is 2.32. The molecule has 0 aliphatic heterocycles. The molecule has 0 N–H and O–H groups in total. The summed E-state index contributed by atoms with van der Waals surface area (Å²) in [7, 11) is 0. The lowest BCUT2D eigenvalue weighted by Gasteiger charge is -2.27. The Hall–Kier alpha value is -6.12. The van der Waals surface area contributed by atoms with E-state index < -0.39 is 0 Å². The Kier molecular flexibility index (Phi) is 5.95. The standard InChI is InChI=1S/C47H33NO/c1-47(2)41-18-10-8-16-37(41)40-28-32-21-20-30-12-6-7-15-36(30)44(32)45(46(40)47)31-22-24-34(25-23-31)48(33-13-4-3-5-14-33)35-26-27-39-38-17-9-11-19-42(38)49-43(39)29-35/h3-29H,1-2H3. The van der Waals surface area contributed by atoms with Gasteiger partial charge in [-0.05, 0) is 103 Å². The first-order valence-corrected chi connectivity index (χ1v) is 17.0. The van der Waals surface area contributed by atoms with Crippen molar-refractivity contribution in [3.63, 3.8) is 0 Å². The number of nitrogens with zero attached hydrogens (tertiary/aromatic N) is 1. The van der Waals surface area contributed by atoms with E-state index >= 15 is 0 Å². The predicted octanol–water partition coefficient (Wildman–Crippen LogP) is 13.3. The molecule has 2 heteroatoms. The van der Waals surface area contributed by atoms with Crippen LogP contribution in [0.5, 0.6) is 0 Å². The molecule has 232 valence electrons. The van der Waals surface area contributed by atoms with Crippen molar-refractivity contribution in [2.45, 2.75) is 19.3 Å². The quantitative estimate of drug-likeness (QED) is 0.181. The molecule has 0 unspecified atom stereocenters. The molecule has 0 amide bonds. The predicted molar refractivity (Wildman–Crippen MR) is 206 cm³/mol. The smallest absolute Gasteiger partial charge is 0.137 e. The molecule has 1 heterocycles. The zero-order valence-corrected chi connectivity index (χ0v) is 27.4. The van der Waals surface area contributed by atoms with Crippen LogP contribution in [0.4, 0.5) is 17.1 Å². The average Bonchev–Trinajstić information content (AvgIpc) is 3.63. The average molecular weight is 628 g/mol. The molecule has 0 fully saturated rings. The van der Waals surface area contributed by atoms with E-state index in [0.717, 1.165) is 39.0 Å². The summed E-state index contributed by atoms with van der Waals surface area (Å²) in [5.74, 6) is 0. The lowest BCUT2D eigenvalue weighted by atomic mass is 9.77. The lowest BCUT2D eigenvalue weighted by Crippen LogP contribution is -2.16. The van der Waals surface area contributed by atoms with Crippen molar-refractivity contribution < 1.29 is 4.42 Å². The molecule has 8 aromatic carbocycles. The van der Waals surface area contributed by atoms with Crippen LogP contribution >= 0.6 is 0 Å². The molecule has 0 atom stereocenters. The first-order chi connectivity index (χ1) is 24.1. The normalized spacial score (nSPS) is 13.3. The van der Waals surface area contributed by atoms with Gasteiger partial charge in [0.15, 0.2) is 0 Å². The molecular weight excluding hydrogens is 595 g/mol. The molecular formula is C47H33NO. The summed E-state index contributed by atoms with van der Waals surface area (Å²) in [6, 6.07) is 59.3. The lowest BCUT2D eigenvalue weighted by molar-refractivity contribution is 0.663. The number of benzene rings is 8. The monoisotopic (exact) mass is 627 g/mol. The van der Waals surface area contributed by atoms with Crippen molar-refractivity contribution in [3.8, 4) is 22.3 Å². The third kappa shape index (κ3) is 4.14. The number of hydrogen-bond acceptors (Lipinski definition) is 2. The van der Waals surface area contributed by atoms with Crippen LogP contribution in [0.25, 0.3) is 65.7 Å². The van der Waals surface area contributed by atoms with E-state index in [4.69, 9.17) is 4.42 Å². The number of furan rings is 1. The molecule has 0 saturated heterocycles. The van der Waals surface area contributed by atoms with Gasteiger partial charge in [0.2, 0.25) is 0 Å². The second kappa shape index (κ2) is 10.4. The van der Waals surface area contributed by atoms with Crippen LogP contribution in [-0.2, 0) is 5.41 Å². The van der Waals surface area contributed by atoms with Gasteiger partial charge in [0.05, 0.1) is 0 Å². The van der Waals surface area contributed by atoms with Crippen molar-refractivity contribution in [3.05, 3.63) is 175 Å². The van der Waals surface area contributed by atoms with E-state index in [9.17, 15) is 0 Å². The minimum atomic E-state index is -0.150. The molecule has 1 aromatic heterocycles. The fourth-order valence-corrected chi connectivity index (χ4v) is 8.38. The Morgan fingerprint density at radius 3 is 1.98 bits per heavy atom. The maximum atomic E-state index is 6.33. The van der Waals surface area contributed by atoms with E-state index in [2.05, 4.69) is 170 Å². The number of rotatable bonds is 4. The van der Waals surface area contributed by atoms with E-state index in [1.807, 2.05) is 12.1 Å². The fraction of sp³-hybridized carbons (Fsp3) is 0.0638. The minimum absolute atomic E-state index is 0.150. The Labute approximate surface area is 285 Å². The zero-order valence-electron chi connectivity index (χ0n) is 27.4. The van der Waals surface area contributed by atoms with Crippen LogP contribution in [0, 0.1) is 0 Å². The highest BCUT2D eigenvalue weighted by atomic mass is 16.3. The molecule has 0 saturated carbocycles. The van der Waals surface area contributed by atoms with Gasteiger partial charge in [-0.25, -0.2) is 0 Å². The molecule has 0 bridgehead atoms. The topological polar surface area (TPSA) is 16.4 Å². The summed E-state index contributed by atoms with van der Waals surface area (Å²) in [5, 5.41) is 7.41. The summed E-state index contributed by atoms with van der Waals surface area (Å²) in [6.07, 6.45) is 0. The largest absolute Gasteiger partial charge is 0.456 e. The van der Waals surface area contributed by atoms with Gasteiger partial charge in [0.1, 0.15) is 11.2 Å². The van der Waals surface area contributed by atoms with E-state index in [1.54, 1.807) is 0 Å². The number of para-hydroxylation sites is 2. The molecule has 9 aromatic rings. The van der Waals surface area contributed by atoms with Gasteiger partial charge >= 0.3 is 0 Å². The van der Waals surface area contributed by atoms with Crippen LogP contribution in [0.1, 0.15) is 25.0 Å². The van der Waals surface area contributed by atoms with E-state index in [1.165, 1.54) is 54.9 Å². The van der Waals surface area contributed by atoms with Crippen LogP contribution in [0.3, 0.4) is 0 Å². The van der Waals surface area contributed by atoms with E-state index in [0.29, 0.717) is 0 Å². The highest BCUT2D eigenvalue weighted by Crippen LogP contribution is 2.55. The van der Waals surface area contributed by atoms with Gasteiger partial charge < -0.3 is 9.32 Å². The molecule has 0 spiro atoms. The SMILES string of the molecule is CC1(C)c2ccccc2-c2cc3ccc4ccccc4c3c(-c3ccc(N(c4ccccc4)c4ccc5c(c4)oc4ccccc45)cc3)c21. The third-order valence-corrected chi connectivity index (χ3v) is 10.6. The first-order valence-electron chi connectivity index (χ1n) is 17.0. The van der Waals surface area contributed by atoms with Gasteiger partial charge in [-0.2, -0.15) is 0 Å². The number of anilines is 3. The Bertz CT molecular complexity index is 2730. The molecule has 10 rings (SSSR count). The van der Waals surface area contributed by atoms with Gasteiger partial charge in [-0.3, -0.25) is 0 Å². The van der Waals surface area contributed by atoms with Gasteiger partial charge in [0.25, 0.3) is 0 Å². The third-order valence-electron chi connectivity index (χ3n) is 10.6. The maximum Gasteiger partial charge on any atom is 0.137 e. The number of fused-ring (bicyclic) bond motifs is 9. The van der Waals surface area contributed by atoms with Gasteiger partial charge in [-0.15, -0.1) is 0 Å². The van der Waals surface area contributed by atoms with Crippen molar-refractivity contribution in [1.82, 2.24) is 0 Å². The van der Waals surface area contributed by atoms with Crippen LogP contribution in [-0.4, -0.2) is 0 Å². The maximum absolute atomic E-state index is 6.33. The fourth-order valence-electron chi connectivity index (χ4n) is 8.38. The highest BCUT2D eigenvalue weighted by molar-refractivity contribution is 6.17. The van der Waals surface area contributed by atoms with Crippen molar-refractivity contribution >= 4 is 60.5 Å². The van der Waals surface area contributed by atoms with Crippen molar-refractivity contribution in [2.75, 3.05) is 4.90 Å². The van der Waals surface area contributed by atoms with Crippen LogP contribution in [0.2, 0.25) is 0 Å². The molecule has 49 heavy (non-hydrogen) atoms. The van der Waals surface area contributed by atoms with Gasteiger partial charge in [-0.1, -0.05) is 123 Å². The summed E-state index contributed by atoms with van der Waals surface area (Å²) >= 11 is 0. The Morgan fingerprint density at radius 2 is 1.12 bits per heavy atom. The zero-order chi connectivity index (χ0) is 32.7. The summed E-state index contributed by atoms with van der Waals surface area (Å²) in [5.41, 5.74) is 12.9. The van der Waals surface area contributed by atoms with E-state index in [-0.39, 0.29) is 5.41 Å². The minimum Gasteiger partial charge on any atom is -0.456 e. The first kappa shape index (κ1) is 27.9. The second-order valence-corrected chi connectivity index (χ2v) is 13.7. The second-order valence-electron chi connectivity index (χ2n) is 13.7. The molecule has 1 aliphatic carbocycles. The van der Waals surface area contributed by atoms with Crippen molar-refractivity contribution in [1.29, 1.82) is 0 Å². The van der Waals surface area contributed by atoms with Gasteiger partial charge in [0, 0.05) is 39.3 Å². The summed E-state index contributed by atoms with van der Waals surface area (Å²) in [6.45, 7) is 4.77.